The molecule has 0 spiro atoms. The SMILES string of the molecule is N#CCNC(=O)CN1CCC(OCC(=O)O)CC1. The number of nitrogens with zero attached hydrogens (tertiary/aromatic N) is 2. The lowest BCUT2D eigenvalue weighted by Crippen LogP contribution is -2.43. The van der Waals surface area contributed by atoms with E-state index in [1.165, 1.54) is 0 Å². The molecule has 0 aliphatic carbocycles. The summed E-state index contributed by atoms with van der Waals surface area (Å²) in [5.74, 6) is -1.13. The third kappa shape index (κ3) is 5.61. The highest BCUT2D eigenvalue weighted by Gasteiger charge is 2.21. The Labute approximate surface area is 105 Å². The van der Waals surface area contributed by atoms with Crippen LogP contribution in [0.3, 0.4) is 0 Å². The first-order valence-corrected chi connectivity index (χ1v) is 5.81. The van der Waals surface area contributed by atoms with Crippen molar-refractivity contribution in [2.75, 3.05) is 32.8 Å². The Balaban J connectivity index is 2.17. The maximum Gasteiger partial charge on any atom is 0.329 e. The molecule has 1 aliphatic heterocycles. The van der Waals surface area contributed by atoms with E-state index in [-0.39, 0.29) is 31.7 Å². The molecule has 0 radical (unpaired) electrons. The number of hydrogen-bond acceptors (Lipinski definition) is 5. The standard InChI is InChI=1S/C11H17N3O4/c12-3-4-13-10(15)7-14-5-1-9(2-6-14)18-8-11(16)17/h9H,1-2,4-8H2,(H,13,15)(H,16,17). The Hall–Kier alpha value is -1.65. The summed E-state index contributed by atoms with van der Waals surface area (Å²) in [6, 6.07) is 1.84. The number of carbonyl (C=O) groups excluding carboxylic acids is 1. The van der Waals surface area contributed by atoms with Gasteiger partial charge in [-0.15, -0.1) is 0 Å². The lowest BCUT2D eigenvalue weighted by atomic mass is 10.1. The summed E-state index contributed by atoms with van der Waals surface area (Å²) in [6.45, 7) is 1.42. The molecule has 0 bridgehead atoms. The fraction of sp³-hybridized carbons (Fsp3) is 0.727. The largest absolute Gasteiger partial charge is 0.480 e. The van der Waals surface area contributed by atoms with Gasteiger partial charge in [-0.05, 0) is 12.8 Å². The van der Waals surface area contributed by atoms with E-state index in [2.05, 4.69) is 5.32 Å². The Morgan fingerprint density at radius 2 is 2.11 bits per heavy atom. The number of nitrogens with one attached hydrogen (secondary N) is 1. The van der Waals surface area contributed by atoms with Crippen LogP contribution in [0.1, 0.15) is 12.8 Å². The summed E-state index contributed by atoms with van der Waals surface area (Å²) in [7, 11) is 0. The molecular formula is C11H17N3O4. The Bertz CT molecular complexity index is 332. The van der Waals surface area contributed by atoms with Crippen molar-refractivity contribution in [3.05, 3.63) is 0 Å². The number of carboxylic acid groups (broad SMARTS) is 1. The van der Waals surface area contributed by atoms with E-state index in [1.807, 2.05) is 11.0 Å². The fourth-order valence-corrected chi connectivity index (χ4v) is 1.82. The van der Waals surface area contributed by atoms with Crippen molar-refractivity contribution in [1.29, 1.82) is 5.26 Å². The van der Waals surface area contributed by atoms with E-state index in [0.717, 1.165) is 12.8 Å². The minimum Gasteiger partial charge on any atom is -0.480 e. The second-order valence-corrected chi connectivity index (χ2v) is 4.12. The molecule has 0 saturated carbocycles. The van der Waals surface area contributed by atoms with E-state index < -0.39 is 5.97 Å². The quantitative estimate of drug-likeness (QED) is 0.602. The van der Waals surface area contributed by atoms with Crippen LogP contribution in [0, 0.1) is 11.3 Å². The zero-order valence-electron chi connectivity index (χ0n) is 10.1. The number of piperidine rings is 1. The van der Waals surface area contributed by atoms with Gasteiger partial charge in [0.05, 0.1) is 18.7 Å². The van der Waals surface area contributed by atoms with Gasteiger partial charge in [-0.2, -0.15) is 5.26 Å². The van der Waals surface area contributed by atoms with Gasteiger partial charge in [-0.3, -0.25) is 9.69 Å². The van der Waals surface area contributed by atoms with Crippen LogP contribution in [0.4, 0.5) is 0 Å². The van der Waals surface area contributed by atoms with Crippen molar-refractivity contribution in [2.45, 2.75) is 18.9 Å². The van der Waals surface area contributed by atoms with Crippen molar-refractivity contribution < 1.29 is 19.4 Å². The number of aliphatic carboxylic acids is 1. The molecule has 1 fully saturated rings. The molecule has 100 valence electrons. The molecule has 1 amide bonds. The maximum absolute atomic E-state index is 11.4. The van der Waals surface area contributed by atoms with Gasteiger partial charge < -0.3 is 15.2 Å². The molecule has 1 aliphatic rings. The van der Waals surface area contributed by atoms with Gasteiger partial charge in [0.25, 0.3) is 0 Å². The summed E-state index contributed by atoms with van der Waals surface area (Å²) in [5, 5.41) is 19.3. The molecule has 1 heterocycles. The van der Waals surface area contributed by atoms with Crippen LogP contribution < -0.4 is 5.32 Å². The summed E-state index contributed by atoms with van der Waals surface area (Å²) < 4.78 is 5.19. The predicted molar refractivity (Wildman–Crippen MR) is 61.7 cm³/mol. The number of ether oxygens (including phenoxy) is 1. The summed E-state index contributed by atoms with van der Waals surface area (Å²) in [5.41, 5.74) is 0. The fourth-order valence-electron chi connectivity index (χ4n) is 1.82. The molecule has 0 atom stereocenters. The van der Waals surface area contributed by atoms with E-state index in [9.17, 15) is 9.59 Å². The summed E-state index contributed by atoms with van der Waals surface area (Å²) in [6.07, 6.45) is 1.40. The van der Waals surface area contributed by atoms with Gasteiger partial charge in [0.2, 0.25) is 5.91 Å². The Morgan fingerprint density at radius 1 is 1.44 bits per heavy atom. The number of amides is 1. The van der Waals surface area contributed by atoms with Crippen LogP contribution >= 0.6 is 0 Å². The number of rotatable bonds is 6. The molecular weight excluding hydrogens is 238 g/mol. The minimum atomic E-state index is -0.965. The second kappa shape index (κ2) is 7.63. The van der Waals surface area contributed by atoms with E-state index in [0.29, 0.717) is 13.1 Å². The molecule has 0 aromatic heterocycles. The summed E-state index contributed by atoms with van der Waals surface area (Å²) in [4.78, 5) is 23.7. The smallest absolute Gasteiger partial charge is 0.329 e. The van der Waals surface area contributed by atoms with Crippen molar-refractivity contribution in [1.82, 2.24) is 10.2 Å². The lowest BCUT2D eigenvalue weighted by molar-refractivity contribution is -0.145. The molecule has 7 nitrogen and oxygen atoms in total. The monoisotopic (exact) mass is 255 g/mol. The van der Waals surface area contributed by atoms with Crippen LogP contribution in [0.2, 0.25) is 0 Å². The molecule has 1 rings (SSSR count). The van der Waals surface area contributed by atoms with Crippen molar-refractivity contribution in [2.24, 2.45) is 0 Å². The molecule has 18 heavy (non-hydrogen) atoms. The van der Waals surface area contributed by atoms with Crippen LogP contribution in [-0.2, 0) is 14.3 Å². The molecule has 7 heteroatoms. The zero-order chi connectivity index (χ0) is 13.4. The first-order valence-electron chi connectivity index (χ1n) is 5.81. The van der Waals surface area contributed by atoms with Crippen molar-refractivity contribution >= 4 is 11.9 Å². The number of carbonyl (C=O) groups is 2. The lowest BCUT2D eigenvalue weighted by Gasteiger charge is -2.30. The van der Waals surface area contributed by atoms with Gasteiger partial charge >= 0.3 is 5.97 Å². The first-order chi connectivity index (χ1) is 8.61. The normalized spacial score (nSPS) is 17.1. The number of hydrogen-bond donors (Lipinski definition) is 2. The number of nitriles is 1. The van der Waals surface area contributed by atoms with E-state index in [1.54, 1.807) is 0 Å². The van der Waals surface area contributed by atoms with Gasteiger partial charge in [-0.25, -0.2) is 4.79 Å². The van der Waals surface area contributed by atoms with Gasteiger partial charge in [0.1, 0.15) is 13.2 Å². The van der Waals surface area contributed by atoms with Crippen LogP contribution in [0.25, 0.3) is 0 Å². The third-order valence-electron chi connectivity index (χ3n) is 2.71. The predicted octanol–water partition coefficient (Wildman–Crippen LogP) is -0.808. The zero-order valence-corrected chi connectivity index (χ0v) is 10.1. The average molecular weight is 255 g/mol. The summed E-state index contributed by atoms with van der Waals surface area (Å²) >= 11 is 0. The molecule has 0 aromatic carbocycles. The van der Waals surface area contributed by atoms with Crippen molar-refractivity contribution in [3.8, 4) is 6.07 Å². The van der Waals surface area contributed by atoms with Crippen LogP contribution in [0.15, 0.2) is 0 Å². The van der Waals surface area contributed by atoms with Gasteiger partial charge in [-0.1, -0.05) is 0 Å². The van der Waals surface area contributed by atoms with Crippen LogP contribution in [0.5, 0.6) is 0 Å². The Morgan fingerprint density at radius 3 is 2.67 bits per heavy atom. The van der Waals surface area contributed by atoms with E-state index >= 15 is 0 Å². The molecule has 0 unspecified atom stereocenters. The maximum atomic E-state index is 11.4. The Kier molecular flexibility index (Phi) is 6.11. The number of carboxylic acids is 1. The second-order valence-electron chi connectivity index (χ2n) is 4.12. The number of likely N-dealkylation sites (tertiary alicyclic amines) is 1. The van der Waals surface area contributed by atoms with E-state index in [4.69, 9.17) is 15.1 Å². The highest BCUT2D eigenvalue weighted by molar-refractivity contribution is 5.78. The molecule has 1 saturated heterocycles. The topological polar surface area (TPSA) is 103 Å². The highest BCUT2D eigenvalue weighted by Crippen LogP contribution is 2.13. The van der Waals surface area contributed by atoms with Crippen molar-refractivity contribution in [3.63, 3.8) is 0 Å². The minimum absolute atomic E-state index is 0.0248. The average Bonchev–Trinajstić information content (AvgIpc) is 2.35. The van der Waals surface area contributed by atoms with Crippen LogP contribution in [-0.4, -0.2) is 60.8 Å². The third-order valence-corrected chi connectivity index (χ3v) is 2.71. The molecule has 2 N–H and O–H groups in total. The first kappa shape index (κ1) is 14.4. The molecule has 0 aromatic rings. The highest BCUT2D eigenvalue weighted by atomic mass is 16.5. The van der Waals surface area contributed by atoms with Gasteiger partial charge in [0.15, 0.2) is 0 Å². The van der Waals surface area contributed by atoms with Gasteiger partial charge in [0, 0.05) is 13.1 Å².